The van der Waals surface area contributed by atoms with E-state index in [0.717, 1.165) is 32.1 Å². The minimum Gasteiger partial charge on any atom is -0.465 e. The Morgan fingerprint density at radius 2 is 1.52 bits per heavy atom. The van der Waals surface area contributed by atoms with E-state index in [1.807, 2.05) is 0 Å². The van der Waals surface area contributed by atoms with Gasteiger partial charge in [-0.15, -0.1) is 11.8 Å². The first-order valence-electron chi connectivity index (χ1n) is 10.6. The standard InChI is InChI=1S/C21H37NO6S/c1-6-26-18(24)21(19(25)27-7-2,29-15-11-9-8-10-12-15)14-13-16(22)17(23)28-20(3,4)5/h15-16H,6-14,22H2,1-5H3. The van der Waals surface area contributed by atoms with Crippen molar-refractivity contribution >= 4 is 29.7 Å². The first kappa shape index (κ1) is 25.8. The van der Waals surface area contributed by atoms with Crippen LogP contribution < -0.4 is 5.73 Å². The Balaban J connectivity index is 3.06. The van der Waals surface area contributed by atoms with Gasteiger partial charge in [0.15, 0.2) is 0 Å². The number of hydrogen-bond donors (Lipinski definition) is 1. The lowest BCUT2D eigenvalue weighted by Crippen LogP contribution is -2.49. The average molecular weight is 432 g/mol. The number of hydrogen-bond acceptors (Lipinski definition) is 8. The summed E-state index contributed by atoms with van der Waals surface area (Å²) in [6.07, 6.45) is 5.34. The highest BCUT2D eigenvalue weighted by Crippen LogP contribution is 2.42. The molecule has 0 aliphatic heterocycles. The predicted octanol–water partition coefficient (Wildman–Crippen LogP) is 3.37. The summed E-state index contributed by atoms with van der Waals surface area (Å²) in [5, 5.41) is 0.162. The minimum atomic E-state index is -1.52. The minimum absolute atomic E-state index is 0.0617. The van der Waals surface area contributed by atoms with Crippen molar-refractivity contribution in [3.05, 3.63) is 0 Å². The smallest absolute Gasteiger partial charge is 0.333 e. The van der Waals surface area contributed by atoms with Gasteiger partial charge in [-0.2, -0.15) is 0 Å². The Morgan fingerprint density at radius 1 is 1.00 bits per heavy atom. The molecule has 7 nitrogen and oxygen atoms in total. The molecule has 1 aliphatic rings. The third-order valence-electron chi connectivity index (χ3n) is 4.65. The van der Waals surface area contributed by atoms with Crippen LogP contribution in [0.3, 0.4) is 0 Å². The molecule has 0 aromatic carbocycles. The summed E-state index contributed by atoms with van der Waals surface area (Å²) in [6, 6.07) is -0.940. The Morgan fingerprint density at radius 3 is 1.97 bits per heavy atom. The number of ether oxygens (including phenoxy) is 3. The predicted molar refractivity (Wildman–Crippen MR) is 114 cm³/mol. The molecule has 0 bridgehead atoms. The highest BCUT2D eigenvalue weighted by Gasteiger charge is 2.51. The second-order valence-electron chi connectivity index (χ2n) is 8.32. The van der Waals surface area contributed by atoms with Crippen LogP contribution in [0.1, 0.15) is 79.6 Å². The molecule has 29 heavy (non-hydrogen) atoms. The lowest BCUT2D eigenvalue weighted by molar-refractivity contribution is -0.161. The Kier molecular flexibility index (Phi) is 10.5. The van der Waals surface area contributed by atoms with E-state index in [1.54, 1.807) is 34.6 Å². The van der Waals surface area contributed by atoms with Crippen LogP contribution in [0.4, 0.5) is 0 Å². The van der Waals surface area contributed by atoms with Crippen molar-refractivity contribution in [3.63, 3.8) is 0 Å². The Labute approximate surface area is 178 Å². The molecule has 1 atom stereocenters. The number of nitrogens with two attached hydrogens (primary N) is 1. The first-order chi connectivity index (χ1) is 13.6. The molecular weight excluding hydrogens is 394 g/mol. The molecule has 0 aromatic heterocycles. The molecule has 0 amide bonds. The second-order valence-corrected chi connectivity index (χ2v) is 9.92. The van der Waals surface area contributed by atoms with E-state index in [0.29, 0.717) is 0 Å². The Hall–Kier alpha value is -1.28. The van der Waals surface area contributed by atoms with Gasteiger partial charge in [0.1, 0.15) is 11.6 Å². The van der Waals surface area contributed by atoms with Crippen LogP contribution in [0.5, 0.6) is 0 Å². The maximum Gasteiger partial charge on any atom is 0.333 e. The zero-order chi connectivity index (χ0) is 22.1. The van der Waals surface area contributed by atoms with Crippen LogP contribution in [-0.4, -0.2) is 52.8 Å². The van der Waals surface area contributed by atoms with E-state index in [4.69, 9.17) is 19.9 Å². The fourth-order valence-electron chi connectivity index (χ4n) is 3.26. The summed E-state index contributed by atoms with van der Waals surface area (Å²) in [7, 11) is 0. The lowest BCUT2D eigenvalue weighted by atomic mass is 9.98. The molecule has 0 heterocycles. The van der Waals surface area contributed by atoms with Crippen molar-refractivity contribution in [3.8, 4) is 0 Å². The fourth-order valence-corrected chi connectivity index (χ4v) is 4.94. The molecular formula is C21H37NO6S. The molecule has 8 heteroatoms. The van der Waals surface area contributed by atoms with Crippen molar-refractivity contribution in [2.24, 2.45) is 5.73 Å². The van der Waals surface area contributed by atoms with Crippen LogP contribution in [0, 0.1) is 0 Å². The van der Waals surface area contributed by atoms with Crippen molar-refractivity contribution in [2.45, 2.75) is 101 Å². The van der Waals surface area contributed by atoms with Gasteiger partial charge in [0.2, 0.25) is 4.75 Å². The third-order valence-corrected chi connectivity index (χ3v) is 6.39. The molecule has 0 aromatic rings. The maximum atomic E-state index is 13.0. The van der Waals surface area contributed by atoms with Gasteiger partial charge in [0, 0.05) is 5.25 Å². The van der Waals surface area contributed by atoms with Crippen LogP contribution in [0.2, 0.25) is 0 Å². The topological polar surface area (TPSA) is 105 Å². The van der Waals surface area contributed by atoms with Crippen LogP contribution in [-0.2, 0) is 28.6 Å². The van der Waals surface area contributed by atoms with E-state index in [1.165, 1.54) is 11.8 Å². The number of carbonyl (C=O) groups excluding carboxylic acids is 3. The van der Waals surface area contributed by atoms with Gasteiger partial charge >= 0.3 is 17.9 Å². The summed E-state index contributed by atoms with van der Waals surface area (Å²) >= 11 is 1.32. The van der Waals surface area contributed by atoms with E-state index < -0.39 is 34.3 Å². The van der Waals surface area contributed by atoms with Crippen LogP contribution in [0.15, 0.2) is 0 Å². The number of thioether (sulfide) groups is 1. The molecule has 168 valence electrons. The van der Waals surface area contributed by atoms with Gasteiger partial charge in [-0.3, -0.25) is 4.79 Å². The summed E-state index contributed by atoms with van der Waals surface area (Å²) in [6.45, 7) is 9.00. The molecule has 1 aliphatic carbocycles. The van der Waals surface area contributed by atoms with Crippen molar-refractivity contribution < 1.29 is 28.6 Å². The van der Waals surface area contributed by atoms with E-state index in [9.17, 15) is 14.4 Å². The molecule has 0 spiro atoms. The first-order valence-corrected chi connectivity index (χ1v) is 11.4. The average Bonchev–Trinajstić information content (AvgIpc) is 2.64. The quantitative estimate of drug-likeness (QED) is 0.319. The van der Waals surface area contributed by atoms with E-state index in [2.05, 4.69) is 0 Å². The second kappa shape index (κ2) is 11.8. The number of rotatable bonds is 10. The molecule has 1 fully saturated rings. The number of carbonyl (C=O) groups is 3. The Bertz CT molecular complexity index is 536. The van der Waals surface area contributed by atoms with Crippen molar-refractivity contribution in [1.82, 2.24) is 0 Å². The van der Waals surface area contributed by atoms with Gasteiger partial charge < -0.3 is 19.9 Å². The zero-order valence-electron chi connectivity index (χ0n) is 18.5. The van der Waals surface area contributed by atoms with Gasteiger partial charge in [0.25, 0.3) is 0 Å². The maximum absolute atomic E-state index is 13.0. The van der Waals surface area contributed by atoms with Gasteiger partial charge in [0.05, 0.1) is 13.2 Å². The molecule has 1 rings (SSSR count). The molecule has 0 radical (unpaired) electrons. The molecule has 1 saturated carbocycles. The van der Waals surface area contributed by atoms with Crippen molar-refractivity contribution in [2.75, 3.05) is 13.2 Å². The highest BCUT2D eigenvalue weighted by atomic mass is 32.2. The monoisotopic (exact) mass is 431 g/mol. The SMILES string of the molecule is CCOC(=O)C(CCC(N)C(=O)OC(C)(C)C)(SC1CCCCC1)C(=O)OCC. The summed E-state index contributed by atoms with van der Waals surface area (Å²) in [5.41, 5.74) is 5.36. The summed E-state index contributed by atoms with van der Waals surface area (Å²) < 4.78 is 14.4. The van der Waals surface area contributed by atoms with E-state index in [-0.39, 0.29) is 31.3 Å². The normalized spacial score (nSPS) is 16.8. The zero-order valence-corrected chi connectivity index (χ0v) is 19.3. The lowest BCUT2D eigenvalue weighted by Gasteiger charge is -2.34. The van der Waals surface area contributed by atoms with E-state index >= 15 is 0 Å². The molecule has 0 saturated heterocycles. The fraction of sp³-hybridized carbons (Fsp3) is 0.857. The van der Waals surface area contributed by atoms with Crippen LogP contribution in [0.25, 0.3) is 0 Å². The van der Waals surface area contributed by atoms with Gasteiger partial charge in [-0.25, -0.2) is 9.59 Å². The highest BCUT2D eigenvalue weighted by molar-refractivity contribution is 8.02. The van der Waals surface area contributed by atoms with Gasteiger partial charge in [-0.1, -0.05) is 19.3 Å². The summed E-state index contributed by atoms with van der Waals surface area (Å²) in [4.78, 5) is 38.2. The molecule has 2 N–H and O–H groups in total. The summed E-state index contributed by atoms with van der Waals surface area (Å²) in [5.74, 6) is -1.79. The largest absolute Gasteiger partial charge is 0.465 e. The molecule has 1 unspecified atom stereocenters. The third kappa shape index (κ3) is 8.16. The van der Waals surface area contributed by atoms with Crippen molar-refractivity contribution in [1.29, 1.82) is 0 Å². The van der Waals surface area contributed by atoms with Gasteiger partial charge in [-0.05, 0) is 60.3 Å². The number of esters is 3. The van der Waals surface area contributed by atoms with Crippen LogP contribution >= 0.6 is 11.8 Å².